The fourth-order valence-electron chi connectivity index (χ4n) is 5.66. The van der Waals surface area contributed by atoms with E-state index < -0.39 is 0 Å². The molecule has 0 N–H and O–H groups in total. The second kappa shape index (κ2) is 5.57. The molecule has 1 saturated carbocycles. The van der Waals surface area contributed by atoms with Gasteiger partial charge in [-0.25, -0.2) is 0 Å². The monoisotopic (exact) mass is 329 g/mol. The van der Waals surface area contributed by atoms with Crippen LogP contribution in [0.2, 0.25) is 0 Å². The minimum Gasteiger partial charge on any atom is -0.497 e. The molecule has 24 heavy (non-hydrogen) atoms. The van der Waals surface area contributed by atoms with Gasteiger partial charge in [-0.15, -0.1) is 0 Å². The van der Waals surface area contributed by atoms with E-state index in [1.54, 1.807) is 7.11 Å². The summed E-state index contributed by atoms with van der Waals surface area (Å²) >= 11 is 0. The van der Waals surface area contributed by atoms with Gasteiger partial charge in [0.05, 0.1) is 12.7 Å². The molecule has 3 aliphatic rings. The van der Waals surface area contributed by atoms with Crippen molar-refractivity contribution in [2.24, 2.45) is 0 Å². The molecule has 130 valence electrons. The molecule has 1 aromatic rings. The largest absolute Gasteiger partial charge is 0.497 e. The number of rotatable bonds is 3. The molecule has 0 amide bonds. The van der Waals surface area contributed by atoms with Crippen LogP contribution in [-0.4, -0.2) is 49.6 Å². The molecule has 2 fully saturated rings. The van der Waals surface area contributed by atoms with Crippen LogP contribution in [0.3, 0.4) is 0 Å². The van der Waals surface area contributed by atoms with Crippen LogP contribution < -0.4 is 4.74 Å². The molecule has 2 aliphatic carbocycles. The van der Waals surface area contributed by atoms with Crippen LogP contribution in [0.4, 0.5) is 0 Å². The summed E-state index contributed by atoms with van der Waals surface area (Å²) in [6.45, 7) is 3.79. The highest BCUT2D eigenvalue weighted by molar-refractivity contribution is 5.82. The van der Waals surface area contributed by atoms with Crippen molar-refractivity contribution in [1.29, 1.82) is 0 Å². The van der Waals surface area contributed by atoms with Crippen LogP contribution in [-0.2, 0) is 21.4 Å². The predicted molar refractivity (Wildman–Crippen MR) is 92.6 cm³/mol. The van der Waals surface area contributed by atoms with Crippen molar-refractivity contribution in [1.82, 2.24) is 4.90 Å². The molecule has 1 aliphatic heterocycles. The zero-order valence-corrected chi connectivity index (χ0v) is 14.9. The molecule has 4 nitrogen and oxygen atoms in total. The third kappa shape index (κ3) is 1.96. The molecule has 4 rings (SSSR count). The van der Waals surface area contributed by atoms with Crippen molar-refractivity contribution in [3.63, 3.8) is 0 Å². The number of Topliss-reactive ketones (excluding diaryl/α,β-unsaturated/α-hetero) is 1. The minimum absolute atomic E-state index is 0.197. The van der Waals surface area contributed by atoms with Crippen molar-refractivity contribution in [2.45, 2.75) is 56.1 Å². The van der Waals surface area contributed by atoms with Gasteiger partial charge in [0, 0.05) is 30.9 Å². The number of ether oxygens (including phenoxy) is 2. The van der Waals surface area contributed by atoms with E-state index in [2.05, 4.69) is 31.0 Å². The SMILES string of the molecule is CCO[C@@]12CCC(=O)C[C@@]13CCN(C)[C@@H]2Cc1ccc(OC)cc13. The van der Waals surface area contributed by atoms with Gasteiger partial charge in [-0.05, 0) is 63.0 Å². The Kier molecular flexibility index (Phi) is 3.73. The summed E-state index contributed by atoms with van der Waals surface area (Å²) in [5, 5.41) is 0. The normalized spacial score (nSPS) is 35.3. The maximum atomic E-state index is 12.5. The number of nitrogens with zero attached hydrogens (tertiary/aromatic N) is 1. The molecule has 1 aromatic carbocycles. The van der Waals surface area contributed by atoms with E-state index in [0.717, 1.165) is 31.6 Å². The van der Waals surface area contributed by atoms with E-state index >= 15 is 0 Å². The maximum Gasteiger partial charge on any atom is 0.134 e. The lowest BCUT2D eigenvalue weighted by atomic mass is 9.49. The second-order valence-corrected chi connectivity index (χ2v) is 7.59. The highest BCUT2D eigenvalue weighted by Gasteiger charge is 2.65. The van der Waals surface area contributed by atoms with Gasteiger partial charge in [0.15, 0.2) is 0 Å². The summed E-state index contributed by atoms with van der Waals surface area (Å²) < 4.78 is 12.0. The lowest BCUT2D eigenvalue weighted by Gasteiger charge is -2.64. The molecular weight excluding hydrogens is 302 g/mol. The summed E-state index contributed by atoms with van der Waals surface area (Å²) in [5.74, 6) is 1.26. The average molecular weight is 329 g/mol. The fourth-order valence-corrected chi connectivity index (χ4v) is 5.66. The lowest BCUT2D eigenvalue weighted by molar-refractivity contribution is -0.194. The number of carbonyl (C=O) groups excluding carboxylic acids is 1. The van der Waals surface area contributed by atoms with Gasteiger partial charge in [0.1, 0.15) is 11.5 Å². The maximum absolute atomic E-state index is 12.5. The first-order valence-corrected chi connectivity index (χ1v) is 9.09. The van der Waals surface area contributed by atoms with Gasteiger partial charge in [-0.2, -0.15) is 0 Å². The Labute approximate surface area is 144 Å². The molecule has 0 unspecified atom stereocenters. The highest BCUT2D eigenvalue weighted by atomic mass is 16.5. The van der Waals surface area contributed by atoms with Crippen molar-refractivity contribution in [3.8, 4) is 5.75 Å². The van der Waals surface area contributed by atoms with E-state index in [0.29, 0.717) is 31.3 Å². The Hall–Kier alpha value is -1.39. The van der Waals surface area contributed by atoms with Crippen LogP contribution in [0.1, 0.15) is 43.7 Å². The minimum atomic E-state index is -0.248. The molecule has 4 heteroatoms. The van der Waals surface area contributed by atoms with Crippen LogP contribution in [0.5, 0.6) is 5.75 Å². The van der Waals surface area contributed by atoms with E-state index in [4.69, 9.17) is 9.47 Å². The molecule has 1 heterocycles. The fraction of sp³-hybridized carbons (Fsp3) is 0.650. The Balaban J connectivity index is 1.96. The number of hydrogen-bond donors (Lipinski definition) is 0. The number of fused-ring (bicyclic) bond motifs is 1. The number of benzene rings is 1. The topological polar surface area (TPSA) is 38.8 Å². The molecule has 3 atom stereocenters. The first-order valence-electron chi connectivity index (χ1n) is 9.09. The molecule has 2 bridgehead atoms. The second-order valence-electron chi connectivity index (χ2n) is 7.59. The number of likely N-dealkylation sites (tertiary alicyclic amines) is 1. The standard InChI is InChI=1S/C20H27NO3/c1-4-24-20-8-7-15(22)13-19(20)9-10-21(2)18(20)11-14-5-6-16(23-3)12-17(14)19/h5-6,12,18H,4,7-11,13H2,1-3H3/t18-,19-,20-/m1/s1. The van der Waals surface area contributed by atoms with Gasteiger partial charge < -0.3 is 14.4 Å². The Morgan fingerprint density at radius 1 is 1.33 bits per heavy atom. The molecule has 0 radical (unpaired) electrons. The van der Waals surface area contributed by atoms with E-state index in [1.165, 1.54) is 11.1 Å². The molecule has 1 saturated heterocycles. The highest BCUT2D eigenvalue weighted by Crippen LogP contribution is 2.59. The number of carbonyl (C=O) groups is 1. The van der Waals surface area contributed by atoms with Gasteiger partial charge in [0.25, 0.3) is 0 Å². The van der Waals surface area contributed by atoms with Crippen LogP contribution >= 0.6 is 0 Å². The van der Waals surface area contributed by atoms with Gasteiger partial charge in [0.2, 0.25) is 0 Å². The zero-order valence-electron chi connectivity index (χ0n) is 14.9. The van der Waals surface area contributed by atoms with Crippen molar-refractivity contribution < 1.29 is 14.3 Å². The Morgan fingerprint density at radius 3 is 2.92 bits per heavy atom. The van der Waals surface area contributed by atoms with E-state index in [-0.39, 0.29) is 11.0 Å². The summed E-state index contributed by atoms with van der Waals surface area (Å²) in [7, 11) is 3.92. The quantitative estimate of drug-likeness (QED) is 0.855. The number of hydrogen-bond acceptors (Lipinski definition) is 4. The van der Waals surface area contributed by atoms with Crippen molar-refractivity contribution in [3.05, 3.63) is 29.3 Å². The van der Waals surface area contributed by atoms with E-state index in [9.17, 15) is 4.79 Å². The number of ketones is 1. The van der Waals surface area contributed by atoms with Crippen molar-refractivity contribution in [2.75, 3.05) is 27.3 Å². The Bertz CT molecular complexity index is 673. The van der Waals surface area contributed by atoms with Gasteiger partial charge in [-0.1, -0.05) is 6.07 Å². The third-order valence-electron chi connectivity index (χ3n) is 6.69. The van der Waals surface area contributed by atoms with Gasteiger partial charge in [-0.3, -0.25) is 4.79 Å². The number of methoxy groups -OCH3 is 1. The zero-order chi connectivity index (χ0) is 16.9. The first-order chi connectivity index (χ1) is 11.6. The lowest BCUT2D eigenvalue weighted by Crippen LogP contribution is -2.73. The summed E-state index contributed by atoms with van der Waals surface area (Å²) in [5.41, 5.74) is 2.21. The summed E-state index contributed by atoms with van der Waals surface area (Å²) in [4.78, 5) is 15.0. The van der Waals surface area contributed by atoms with Crippen LogP contribution in [0.25, 0.3) is 0 Å². The van der Waals surface area contributed by atoms with E-state index in [1.807, 2.05) is 6.07 Å². The summed E-state index contributed by atoms with van der Waals surface area (Å²) in [6.07, 6.45) is 4.06. The van der Waals surface area contributed by atoms with Crippen LogP contribution in [0.15, 0.2) is 18.2 Å². The number of likely N-dealkylation sites (N-methyl/N-ethyl adjacent to an activating group) is 1. The predicted octanol–water partition coefficient (Wildman–Crippen LogP) is 2.72. The summed E-state index contributed by atoms with van der Waals surface area (Å²) in [6, 6.07) is 6.75. The Morgan fingerprint density at radius 2 is 2.17 bits per heavy atom. The smallest absolute Gasteiger partial charge is 0.134 e. The number of piperidine rings is 1. The molecular formula is C20H27NO3. The first kappa shape index (κ1) is 16.1. The van der Waals surface area contributed by atoms with Gasteiger partial charge >= 0.3 is 0 Å². The third-order valence-corrected chi connectivity index (χ3v) is 6.69. The molecule has 0 aromatic heterocycles. The van der Waals surface area contributed by atoms with Crippen LogP contribution in [0, 0.1) is 0 Å². The average Bonchev–Trinajstić information content (AvgIpc) is 2.58. The molecule has 0 spiro atoms. The van der Waals surface area contributed by atoms with Crippen molar-refractivity contribution >= 4 is 5.78 Å².